The lowest BCUT2D eigenvalue weighted by molar-refractivity contribution is -0.148. The number of likely N-dealkylation sites (N-methyl/N-ethyl adjacent to an activating group) is 1. The first kappa shape index (κ1) is 15.8. The van der Waals surface area contributed by atoms with Gasteiger partial charge in [0, 0.05) is 12.1 Å². The van der Waals surface area contributed by atoms with Crippen molar-refractivity contribution in [2.24, 2.45) is 5.92 Å². The van der Waals surface area contributed by atoms with Gasteiger partial charge < -0.3 is 15.0 Å². The molecule has 4 nitrogen and oxygen atoms in total. The zero-order valence-electron chi connectivity index (χ0n) is 13.4. The number of hydrogen-bond acceptors (Lipinski definition) is 4. The van der Waals surface area contributed by atoms with Crippen LogP contribution in [0.1, 0.15) is 51.9 Å². The Morgan fingerprint density at radius 3 is 2.40 bits per heavy atom. The number of ether oxygens (including phenoxy) is 1. The lowest BCUT2D eigenvalue weighted by Gasteiger charge is -2.38. The lowest BCUT2D eigenvalue weighted by atomic mass is 9.86. The van der Waals surface area contributed by atoms with Gasteiger partial charge in [-0.3, -0.25) is 4.79 Å². The van der Waals surface area contributed by atoms with Crippen molar-refractivity contribution < 1.29 is 9.53 Å². The van der Waals surface area contributed by atoms with E-state index in [1.165, 1.54) is 32.8 Å². The Kier molecular flexibility index (Phi) is 5.08. The highest BCUT2D eigenvalue weighted by molar-refractivity contribution is 5.81. The van der Waals surface area contributed by atoms with Crippen LogP contribution in [-0.2, 0) is 9.53 Å². The maximum Gasteiger partial charge on any atom is 0.326 e. The molecular formula is C16H30N2O2. The van der Waals surface area contributed by atoms with Crippen molar-refractivity contribution in [1.29, 1.82) is 0 Å². The number of carbonyl (C=O) groups excluding carboxylic acids is 1. The molecule has 4 heteroatoms. The fourth-order valence-electron chi connectivity index (χ4n) is 4.02. The van der Waals surface area contributed by atoms with Crippen molar-refractivity contribution in [2.45, 2.75) is 69.5 Å². The smallest absolute Gasteiger partial charge is 0.326 e. The third-order valence-electron chi connectivity index (χ3n) is 5.68. The predicted octanol–water partition coefficient (Wildman–Crippen LogP) is 2.18. The molecule has 2 fully saturated rings. The van der Waals surface area contributed by atoms with Gasteiger partial charge in [0.15, 0.2) is 0 Å². The van der Waals surface area contributed by atoms with Crippen LogP contribution in [0.15, 0.2) is 0 Å². The topological polar surface area (TPSA) is 41.6 Å². The molecule has 2 saturated carbocycles. The van der Waals surface area contributed by atoms with Crippen molar-refractivity contribution in [3.05, 3.63) is 0 Å². The third-order valence-corrected chi connectivity index (χ3v) is 5.68. The van der Waals surface area contributed by atoms with Crippen LogP contribution in [-0.4, -0.2) is 49.7 Å². The first-order chi connectivity index (χ1) is 9.52. The Labute approximate surface area is 123 Å². The molecule has 2 aliphatic carbocycles. The van der Waals surface area contributed by atoms with Crippen LogP contribution in [0.2, 0.25) is 0 Å². The van der Waals surface area contributed by atoms with E-state index in [1.54, 1.807) is 0 Å². The molecule has 0 amide bonds. The summed E-state index contributed by atoms with van der Waals surface area (Å²) in [7, 11) is 5.61. The molecule has 0 aromatic heterocycles. The van der Waals surface area contributed by atoms with Crippen LogP contribution in [0, 0.1) is 5.92 Å². The van der Waals surface area contributed by atoms with Gasteiger partial charge in [-0.2, -0.15) is 0 Å². The first-order valence-corrected chi connectivity index (χ1v) is 8.01. The molecule has 0 aromatic rings. The number of rotatable bonds is 4. The minimum absolute atomic E-state index is 0.104. The number of nitrogens with zero attached hydrogens (tertiary/aromatic N) is 1. The van der Waals surface area contributed by atoms with E-state index < -0.39 is 5.54 Å². The van der Waals surface area contributed by atoms with Gasteiger partial charge in [0.1, 0.15) is 5.54 Å². The normalized spacial score (nSPS) is 38.1. The quantitative estimate of drug-likeness (QED) is 0.803. The van der Waals surface area contributed by atoms with E-state index in [1.807, 2.05) is 7.05 Å². The van der Waals surface area contributed by atoms with Gasteiger partial charge in [-0.1, -0.05) is 6.92 Å². The number of esters is 1. The standard InChI is InChI=1S/C16H30N2O2/c1-12-5-7-13(8-6-12)18(3)14-9-10-16(11-14,17-2)15(19)20-4/h12-14,17H,5-11H2,1-4H3. The molecule has 0 bridgehead atoms. The third kappa shape index (κ3) is 3.01. The Bertz CT molecular complexity index is 339. The minimum Gasteiger partial charge on any atom is -0.468 e. The molecule has 0 radical (unpaired) electrons. The Morgan fingerprint density at radius 1 is 1.20 bits per heavy atom. The van der Waals surface area contributed by atoms with Gasteiger partial charge in [0.2, 0.25) is 0 Å². The second-order valence-electron chi connectivity index (χ2n) is 6.80. The van der Waals surface area contributed by atoms with E-state index in [0.29, 0.717) is 12.1 Å². The number of nitrogens with one attached hydrogen (secondary N) is 1. The Balaban J connectivity index is 1.96. The van der Waals surface area contributed by atoms with Crippen molar-refractivity contribution in [1.82, 2.24) is 10.2 Å². The molecule has 0 heterocycles. The van der Waals surface area contributed by atoms with Crippen LogP contribution in [0.25, 0.3) is 0 Å². The zero-order chi connectivity index (χ0) is 14.8. The summed E-state index contributed by atoms with van der Waals surface area (Å²) in [6, 6.07) is 1.20. The van der Waals surface area contributed by atoms with Crippen molar-refractivity contribution >= 4 is 5.97 Å². The summed E-state index contributed by atoms with van der Waals surface area (Å²) in [5, 5.41) is 3.22. The van der Waals surface area contributed by atoms with Gasteiger partial charge in [0.25, 0.3) is 0 Å². The Morgan fingerprint density at radius 2 is 1.85 bits per heavy atom. The molecule has 2 aliphatic rings. The van der Waals surface area contributed by atoms with Crippen LogP contribution in [0.4, 0.5) is 0 Å². The van der Waals surface area contributed by atoms with Gasteiger partial charge in [-0.25, -0.2) is 0 Å². The van der Waals surface area contributed by atoms with Gasteiger partial charge in [-0.15, -0.1) is 0 Å². The Hall–Kier alpha value is -0.610. The largest absolute Gasteiger partial charge is 0.468 e. The highest BCUT2D eigenvalue weighted by Gasteiger charge is 2.47. The summed E-state index contributed by atoms with van der Waals surface area (Å²) < 4.78 is 5.00. The second kappa shape index (κ2) is 6.44. The minimum atomic E-state index is -0.463. The average Bonchev–Trinajstić information content (AvgIpc) is 2.92. The molecule has 0 saturated heterocycles. The van der Waals surface area contributed by atoms with E-state index in [2.05, 4.69) is 24.2 Å². The summed E-state index contributed by atoms with van der Waals surface area (Å²) in [6.07, 6.45) is 8.13. The molecule has 0 aromatic carbocycles. The molecule has 2 rings (SSSR count). The van der Waals surface area contributed by atoms with Gasteiger partial charge in [-0.05, 0) is 65.0 Å². The maximum atomic E-state index is 12.1. The molecule has 0 spiro atoms. The van der Waals surface area contributed by atoms with Crippen molar-refractivity contribution in [3.63, 3.8) is 0 Å². The fraction of sp³-hybridized carbons (Fsp3) is 0.938. The van der Waals surface area contributed by atoms with Crippen molar-refractivity contribution in [2.75, 3.05) is 21.2 Å². The monoisotopic (exact) mass is 282 g/mol. The highest BCUT2D eigenvalue weighted by atomic mass is 16.5. The molecule has 2 atom stereocenters. The maximum absolute atomic E-state index is 12.1. The number of methoxy groups -OCH3 is 1. The summed E-state index contributed by atoms with van der Waals surface area (Å²) in [6.45, 7) is 2.36. The summed E-state index contributed by atoms with van der Waals surface area (Å²) >= 11 is 0. The second-order valence-corrected chi connectivity index (χ2v) is 6.80. The van der Waals surface area contributed by atoms with E-state index >= 15 is 0 Å². The SMILES string of the molecule is CNC1(C(=O)OC)CCC(N(C)C2CCC(C)CC2)C1. The van der Waals surface area contributed by atoms with E-state index in [9.17, 15) is 4.79 Å². The van der Waals surface area contributed by atoms with Crippen LogP contribution in [0.3, 0.4) is 0 Å². The molecule has 116 valence electrons. The summed E-state index contributed by atoms with van der Waals surface area (Å²) in [4.78, 5) is 14.6. The zero-order valence-corrected chi connectivity index (χ0v) is 13.4. The lowest BCUT2D eigenvalue weighted by Crippen LogP contribution is -2.51. The predicted molar refractivity (Wildman–Crippen MR) is 80.6 cm³/mol. The van der Waals surface area contributed by atoms with Crippen LogP contribution in [0.5, 0.6) is 0 Å². The van der Waals surface area contributed by atoms with E-state index in [4.69, 9.17) is 4.74 Å². The van der Waals surface area contributed by atoms with Crippen LogP contribution >= 0.6 is 0 Å². The molecule has 1 N–H and O–H groups in total. The fourth-order valence-corrected chi connectivity index (χ4v) is 4.02. The van der Waals surface area contributed by atoms with Gasteiger partial charge in [0.05, 0.1) is 7.11 Å². The number of hydrogen-bond donors (Lipinski definition) is 1. The molecule has 0 aliphatic heterocycles. The first-order valence-electron chi connectivity index (χ1n) is 8.01. The molecule has 20 heavy (non-hydrogen) atoms. The average molecular weight is 282 g/mol. The highest BCUT2D eigenvalue weighted by Crippen LogP contribution is 2.36. The molecule has 2 unspecified atom stereocenters. The van der Waals surface area contributed by atoms with Crippen LogP contribution < -0.4 is 5.32 Å². The summed E-state index contributed by atoms with van der Waals surface area (Å²) in [5.41, 5.74) is -0.463. The van der Waals surface area contributed by atoms with Crippen molar-refractivity contribution in [3.8, 4) is 0 Å². The number of carbonyl (C=O) groups is 1. The summed E-state index contributed by atoms with van der Waals surface area (Å²) in [5.74, 6) is 0.780. The molecular weight excluding hydrogens is 252 g/mol. The van der Waals surface area contributed by atoms with Gasteiger partial charge >= 0.3 is 5.97 Å². The van der Waals surface area contributed by atoms with E-state index in [0.717, 1.165) is 25.2 Å². The van der Waals surface area contributed by atoms with E-state index in [-0.39, 0.29) is 5.97 Å².